The molecule has 0 saturated heterocycles. The number of para-hydroxylation sites is 3. The Morgan fingerprint density at radius 2 is 0.939 bits per heavy atom. The number of halogens is 1. The van der Waals surface area contributed by atoms with Gasteiger partial charge in [0.2, 0.25) is 0 Å². The van der Waals surface area contributed by atoms with Gasteiger partial charge in [-0.25, -0.2) is 0 Å². The fourth-order valence-electron chi connectivity index (χ4n) is 5.18. The van der Waals surface area contributed by atoms with E-state index >= 15 is 0 Å². The molecule has 0 bridgehead atoms. The molecule has 0 aliphatic rings. The summed E-state index contributed by atoms with van der Waals surface area (Å²) in [5, 5.41) is 5.09. The number of hydrogen-bond acceptors (Lipinski definition) is 0. The Labute approximate surface area is 199 Å². The summed E-state index contributed by atoms with van der Waals surface area (Å²) in [7, 11) is 0. The summed E-state index contributed by atoms with van der Waals surface area (Å²) < 4.78 is 5.83. The van der Waals surface area contributed by atoms with E-state index in [2.05, 4.69) is 140 Å². The quantitative estimate of drug-likeness (QED) is 0.231. The zero-order valence-electron chi connectivity index (χ0n) is 17.7. The number of hydrogen-bond donors (Lipinski definition) is 0. The Hall–Kier alpha value is -3.82. The molecule has 3 heteroatoms. The van der Waals surface area contributed by atoms with Gasteiger partial charge in [0.25, 0.3) is 0 Å². The van der Waals surface area contributed by atoms with E-state index in [1.54, 1.807) is 0 Å². The van der Waals surface area contributed by atoms with Crippen LogP contribution in [0.25, 0.3) is 55.0 Å². The Morgan fingerprint density at radius 3 is 1.58 bits per heavy atom. The molecule has 0 N–H and O–H groups in total. The van der Waals surface area contributed by atoms with Crippen molar-refractivity contribution in [3.8, 4) is 11.4 Å². The highest BCUT2D eigenvalue weighted by atomic mass is 79.9. The first-order valence-electron chi connectivity index (χ1n) is 11.1. The van der Waals surface area contributed by atoms with Crippen LogP contribution in [0.5, 0.6) is 0 Å². The molecule has 0 fully saturated rings. The first-order chi connectivity index (χ1) is 16.3. The van der Waals surface area contributed by atoms with Crippen molar-refractivity contribution in [3.05, 3.63) is 120 Å². The average Bonchev–Trinajstić information content (AvgIpc) is 3.35. The van der Waals surface area contributed by atoms with E-state index in [1.165, 1.54) is 49.3 Å². The van der Waals surface area contributed by atoms with E-state index in [4.69, 9.17) is 0 Å². The molecule has 0 aliphatic carbocycles. The second-order valence-electron chi connectivity index (χ2n) is 8.41. The maximum absolute atomic E-state index is 3.66. The SMILES string of the molecule is Brc1cccc(-n2c3ccccc3c3cc4c5ccccc5n(-c5ccccc5)c4cc32)c1. The molecule has 7 aromatic rings. The first kappa shape index (κ1) is 18.7. The number of nitrogens with zero attached hydrogens (tertiary/aromatic N) is 2. The molecule has 2 heterocycles. The average molecular weight is 487 g/mol. The van der Waals surface area contributed by atoms with E-state index in [9.17, 15) is 0 Å². The van der Waals surface area contributed by atoms with Crippen LogP contribution in [0.1, 0.15) is 0 Å². The molecule has 33 heavy (non-hydrogen) atoms. The van der Waals surface area contributed by atoms with Crippen LogP contribution in [-0.2, 0) is 0 Å². The second kappa shape index (κ2) is 7.09. The van der Waals surface area contributed by atoms with Crippen LogP contribution >= 0.6 is 15.9 Å². The largest absolute Gasteiger partial charge is 0.309 e. The summed E-state index contributed by atoms with van der Waals surface area (Å²) in [6.45, 7) is 0. The van der Waals surface area contributed by atoms with Crippen LogP contribution in [0.4, 0.5) is 0 Å². The summed E-state index contributed by atoms with van der Waals surface area (Å²) in [5.41, 5.74) is 7.19. The van der Waals surface area contributed by atoms with Crippen LogP contribution in [0, 0.1) is 0 Å². The maximum Gasteiger partial charge on any atom is 0.0562 e. The normalized spacial score (nSPS) is 11.8. The molecule has 7 rings (SSSR count). The molecule has 2 aromatic heterocycles. The third-order valence-electron chi connectivity index (χ3n) is 6.55. The minimum absolute atomic E-state index is 1.07. The van der Waals surface area contributed by atoms with Crippen molar-refractivity contribution in [2.75, 3.05) is 0 Å². The fourth-order valence-corrected chi connectivity index (χ4v) is 5.57. The number of fused-ring (bicyclic) bond motifs is 6. The predicted octanol–water partition coefficient (Wildman–Crippen LogP) is 8.64. The van der Waals surface area contributed by atoms with Crippen molar-refractivity contribution in [1.29, 1.82) is 0 Å². The monoisotopic (exact) mass is 486 g/mol. The molecule has 2 nitrogen and oxygen atoms in total. The van der Waals surface area contributed by atoms with Crippen LogP contribution < -0.4 is 0 Å². The van der Waals surface area contributed by atoms with Gasteiger partial charge in [-0.2, -0.15) is 0 Å². The maximum atomic E-state index is 3.66. The molecule has 5 aromatic carbocycles. The van der Waals surface area contributed by atoms with E-state index in [0.717, 1.165) is 10.2 Å². The van der Waals surface area contributed by atoms with Gasteiger partial charge in [0.1, 0.15) is 0 Å². The summed E-state index contributed by atoms with van der Waals surface area (Å²) in [4.78, 5) is 0. The zero-order valence-corrected chi connectivity index (χ0v) is 19.3. The lowest BCUT2D eigenvalue weighted by atomic mass is 10.1. The predicted molar refractivity (Wildman–Crippen MR) is 143 cm³/mol. The van der Waals surface area contributed by atoms with Crippen molar-refractivity contribution < 1.29 is 0 Å². The Kier molecular flexibility index (Phi) is 4.02. The first-order valence-corrected chi connectivity index (χ1v) is 11.9. The summed E-state index contributed by atoms with van der Waals surface area (Å²) in [6, 6.07) is 41.3. The fraction of sp³-hybridized carbons (Fsp3) is 0. The number of rotatable bonds is 2. The molecule has 0 atom stereocenters. The molecule has 0 spiro atoms. The van der Waals surface area contributed by atoms with Crippen LogP contribution in [-0.4, -0.2) is 9.13 Å². The molecular formula is C30H19BrN2. The van der Waals surface area contributed by atoms with Crippen molar-refractivity contribution in [1.82, 2.24) is 9.13 Å². The molecule has 0 saturated carbocycles. The van der Waals surface area contributed by atoms with Gasteiger partial charge in [-0.15, -0.1) is 0 Å². The Morgan fingerprint density at radius 1 is 0.394 bits per heavy atom. The minimum Gasteiger partial charge on any atom is -0.309 e. The summed E-state index contributed by atoms with van der Waals surface area (Å²) >= 11 is 3.66. The lowest BCUT2D eigenvalue weighted by Gasteiger charge is -2.10. The molecular weight excluding hydrogens is 468 g/mol. The van der Waals surface area contributed by atoms with Gasteiger partial charge in [0.15, 0.2) is 0 Å². The van der Waals surface area contributed by atoms with Gasteiger partial charge in [-0.1, -0.05) is 76.6 Å². The highest BCUT2D eigenvalue weighted by Crippen LogP contribution is 2.39. The molecule has 156 valence electrons. The third-order valence-corrected chi connectivity index (χ3v) is 7.04. The topological polar surface area (TPSA) is 9.86 Å². The van der Waals surface area contributed by atoms with Crippen molar-refractivity contribution >= 4 is 59.5 Å². The van der Waals surface area contributed by atoms with Gasteiger partial charge in [-0.3, -0.25) is 0 Å². The van der Waals surface area contributed by atoms with E-state index in [0.29, 0.717) is 0 Å². The Balaban J connectivity index is 1.70. The Bertz CT molecular complexity index is 1820. The molecule has 0 aliphatic heterocycles. The van der Waals surface area contributed by atoms with Crippen LogP contribution in [0.15, 0.2) is 120 Å². The lowest BCUT2D eigenvalue weighted by Crippen LogP contribution is -1.95. The number of benzene rings is 5. The van der Waals surface area contributed by atoms with Gasteiger partial charge in [0.05, 0.1) is 22.1 Å². The van der Waals surface area contributed by atoms with Crippen molar-refractivity contribution in [3.63, 3.8) is 0 Å². The molecule has 0 unspecified atom stereocenters. The van der Waals surface area contributed by atoms with E-state index in [-0.39, 0.29) is 0 Å². The highest BCUT2D eigenvalue weighted by Gasteiger charge is 2.18. The summed E-state index contributed by atoms with van der Waals surface area (Å²) in [5.74, 6) is 0. The van der Waals surface area contributed by atoms with Crippen molar-refractivity contribution in [2.45, 2.75) is 0 Å². The molecule has 0 radical (unpaired) electrons. The minimum atomic E-state index is 1.07. The lowest BCUT2D eigenvalue weighted by molar-refractivity contribution is 1.16. The van der Waals surface area contributed by atoms with Crippen LogP contribution in [0.2, 0.25) is 0 Å². The smallest absolute Gasteiger partial charge is 0.0562 e. The van der Waals surface area contributed by atoms with E-state index in [1.807, 2.05) is 0 Å². The zero-order chi connectivity index (χ0) is 21.9. The molecule has 0 amide bonds. The second-order valence-corrected chi connectivity index (χ2v) is 9.32. The highest BCUT2D eigenvalue weighted by molar-refractivity contribution is 9.10. The van der Waals surface area contributed by atoms with Crippen molar-refractivity contribution in [2.24, 2.45) is 0 Å². The third kappa shape index (κ3) is 2.73. The van der Waals surface area contributed by atoms with Gasteiger partial charge in [0, 0.05) is 37.4 Å². The number of aromatic nitrogens is 2. The summed E-state index contributed by atoms with van der Waals surface area (Å²) in [6.07, 6.45) is 0. The van der Waals surface area contributed by atoms with Gasteiger partial charge >= 0.3 is 0 Å². The van der Waals surface area contributed by atoms with E-state index < -0.39 is 0 Å². The van der Waals surface area contributed by atoms with Gasteiger partial charge in [-0.05, 0) is 54.6 Å². The standard InChI is InChI=1S/C30H19BrN2/c31-20-9-8-12-22(17-20)33-28-16-7-5-14-24(28)26-18-25-23-13-4-6-15-27(23)32(29(25)19-30(26)33)21-10-2-1-3-11-21/h1-19H. The van der Waals surface area contributed by atoms with Gasteiger partial charge < -0.3 is 9.13 Å². The van der Waals surface area contributed by atoms with Crippen LogP contribution in [0.3, 0.4) is 0 Å².